The van der Waals surface area contributed by atoms with Gasteiger partial charge in [0.1, 0.15) is 4.90 Å². The van der Waals surface area contributed by atoms with Gasteiger partial charge in [-0.15, -0.1) is 0 Å². The molecule has 0 aliphatic heterocycles. The van der Waals surface area contributed by atoms with Gasteiger partial charge >= 0.3 is 0 Å². The van der Waals surface area contributed by atoms with Crippen molar-refractivity contribution in [3.05, 3.63) is 41.7 Å². The van der Waals surface area contributed by atoms with E-state index in [4.69, 9.17) is 0 Å². The number of anilines is 1. The number of aryl methyl sites for hydroxylation is 2. The number of hydrogen-bond acceptors (Lipinski definition) is 4. The highest BCUT2D eigenvalue weighted by Crippen LogP contribution is 2.19. The van der Waals surface area contributed by atoms with Crippen molar-refractivity contribution in [2.24, 2.45) is 7.05 Å². The average Bonchev–Trinajstić information content (AvgIpc) is 2.72. The topological polar surface area (TPSA) is 67.2 Å². The van der Waals surface area contributed by atoms with Gasteiger partial charge in [0.05, 0.1) is 11.4 Å². The summed E-state index contributed by atoms with van der Waals surface area (Å²) < 4.78 is 29.6. The molecule has 0 unspecified atom stereocenters. The van der Waals surface area contributed by atoms with Gasteiger partial charge in [-0.3, -0.25) is 4.68 Å². The van der Waals surface area contributed by atoms with Crippen molar-refractivity contribution in [1.29, 1.82) is 0 Å². The fraction of sp³-hybridized carbons (Fsp3) is 0.438. The first kappa shape index (κ1) is 17.5. The standard InChI is InChI=1S/C16H24N4O2S/c1-12(11-19(4)15-9-7-6-8-10-15)18-23(21,22)16-13(2)17-20(5)14(16)3/h6-10,12,18H,11H2,1-5H3/t12-/m1/s1. The molecular weight excluding hydrogens is 312 g/mol. The lowest BCUT2D eigenvalue weighted by atomic mass is 10.2. The van der Waals surface area contributed by atoms with Crippen LogP contribution in [0.2, 0.25) is 0 Å². The van der Waals surface area contributed by atoms with E-state index in [0.29, 0.717) is 17.9 Å². The van der Waals surface area contributed by atoms with Crippen LogP contribution in [0, 0.1) is 13.8 Å². The zero-order valence-electron chi connectivity index (χ0n) is 14.2. The second kappa shape index (κ2) is 6.72. The molecule has 0 spiro atoms. The van der Waals surface area contributed by atoms with Gasteiger partial charge in [-0.1, -0.05) is 18.2 Å². The molecule has 6 nitrogen and oxygen atoms in total. The third-order valence-electron chi connectivity index (χ3n) is 3.81. The molecule has 23 heavy (non-hydrogen) atoms. The highest BCUT2D eigenvalue weighted by molar-refractivity contribution is 7.89. The van der Waals surface area contributed by atoms with E-state index in [-0.39, 0.29) is 10.9 Å². The van der Waals surface area contributed by atoms with Crippen LogP contribution in [-0.2, 0) is 17.1 Å². The number of rotatable bonds is 6. The number of hydrogen-bond donors (Lipinski definition) is 1. The molecule has 0 saturated carbocycles. The Kier molecular flexibility index (Phi) is 5.11. The Bertz CT molecular complexity index is 769. The SMILES string of the molecule is Cc1nn(C)c(C)c1S(=O)(=O)N[C@H](C)CN(C)c1ccccc1. The van der Waals surface area contributed by atoms with Crippen LogP contribution < -0.4 is 9.62 Å². The molecule has 7 heteroatoms. The number of para-hydroxylation sites is 1. The zero-order chi connectivity index (χ0) is 17.2. The molecule has 0 aliphatic rings. The van der Waals surface area contributed by atoms with E-state index < -0.39 is 10.0 Å². The van der Waals surface area contributed by atoms with Gasteiger partial charge in [-0.25, -0.2) is 13.1 Å². The van der Waals surface area contributed by atoms with Gasteiger partial charge in [0.15, 0.2) is 0 Å². The minimum atomic E-state index is -3.59. The Morgan fingerprint density at radius 2 is 1.87 bits per heavy atom. The molecule has 0 aliphatic carbocycles. The number of nitrogens with one attached hydrogen (secondary N) is 1. The molecule has 2 rings (SSSR count). The summed E-state index contributed by atoms with van der Waals surface area (Å²) in [6.07, 6.45) is 0. The molecule has 1 aromatic heterocycles. The second-order valence-corrected chi connectivity index (χ2v) is 7.51. The fourth-order valence-electron chi connectivity index (χ4n) is 2.70. The predicted octanol–water partition coefficient (Wildman–Crippen LogP) is 1.84. The summed E-state index contributed by atoms with van der Waals surface area (Å²) in [6, 6.07) is 9.64. The smallest absolute Gasteiger partial charge is 0.244 e. The highest BCUT2D eigenvalue weighted by atomic mass is 32.2. The van der Waals surface area contributed by atoms with E-state index >= 15 is 0 Å². The molecule has 1 aromatic carbocycles. The lowest BCUT2D eigenvalue weighted by Gasteiger charge is -2.24. The van der Waals surface area contributed by atoms with E-state index in [1.807, 2.05) is 49.2 Å². The molecule has 1 heterocycles. The molecule has 2 aromatic rings. The first-order chi connectivity index (χ1) is 10.7. The van der Waals surface area contributed by atoms with Gasteiger partial charge in [0.2, 0.25) is 10.0 Å². The van der Waals surface area contributed by atoms with Crippen molar-refractivity contribution >= 4 is 15.7 Å². The Morgan fingerprint density at radius 1 is 1.26 bits per heavy atom. The van der Waals surface area contributed by atoms with Gasteiger partial charge < -0.3 is 4.90 Å². The number of benzene rings is 1. The fourth-order valence-corrected chi connectivity index (χ4v) is 4.38. The average molecular weight is 336 g/mol. The summed E-state index contributed by atoms with van der Waals surface area (Å²) in [5.74, 6) is 0. The van der Waals surface area contributed by atoms with E-state index in [9.17, 15) is 8.42 Å². The molecule has 1 atom stereocenters. The van der Waals surface area contributed by atoms with Crippen LogP contribution in [0.15, 0.2) is 35.2 Å². The Morgan fingerprint density at radius 3 is 2.39 bits per heavy atom. The minimum Gasteiger partial charge on any atom is -0.373 e. The molecule has 1 N–H and O–H groups in total. The summed E-state index contributed by atoms with van der Waals surface area (Å²) in [5, 5.41) is 4.18. The van der Waals surface area contributed by atoms with Crippen molar-refractivity contribution in [2.45, 2.75) is 31.7 Å². The zero-order valence-corrected chi connectivity index (χ0v) is 15.1. The van der Waals surface area contributed by atoms with Crippen molar-refractivity contribution < 1.29 is 8.42 Å². The van der Waals surface area contributed by atoms with Gasteiger partial charge in [0.25, 0.3) is 0 Å². The third kappa shape index (κ3) is 3.92. The number of likely N-dealkylation sites (N-methyl/N-ethyl adjacent to an activating group) is 1. The van der Waals surface area contributed by atoms with Crippen LogP contribution in [0.25, 0.3) is 0 Å². The second-order valence-electron chi connectivity index (χ2n) is 5.86. The number of nitrogens with zero attached hydrogens (tertiary/aromatic N) is 3. The summed E-state index contributed by atoms with van der Waals surface area (Å²) in [5.41, 5.74) is 2.20. The quantitative estimate of drug-likeness (QED) is 0.874. The number of sulfonamides is 1. The minimum absolute atomic E-state index is 0.232. The third-order valence-corrected chi connectivity index (χ3v) is 5.65. The van der Waals surface area contributed by atoms with Crippen molar-refractivity contribution in [2.75, 3.05) is 18.5 Å². The van der Waals surface area contributed by atoms with Crippen LogP contribution in [0.4, 0.5) is 5.69 Å². The lowest BCUT2D eigenvalue weighted by Crippen LogP contribution is -2.41. The first-order valence-electron chi connectivity index (χ1n) is 7.51. The normalized spacial score (nSPS) is 13.1. The van der Waals surface area contributed by atoms with Crippen molar-refractivity contribution in [1.82, 2.24) is 14.5 Å². The van der Waals surface area contributed by atoms with Crippen molar-refractivity contribution in [3.63, 3.8) is 0 Å². The van der Waals surface area contributed by atoms with Gasteiger partial charge in [-0.2, -0.15) is 5.10 Å². The summed E-state index contributed by atoms with van der Waals surface area (Å²) in [6.45, 7) is 5.90. The molecule has 0 amide bonds. The molecule has 0 bridgehead atoms. The van der Waals surface area contributed by atoms with Crippen LogP contribution >= 0.6 is 0 Å². The van der Waals surface area contributed by atoms with Crippen LogP contribution in [0.5, 0.6) is 0 Å². The summed E-state index contributed by atoms with van der Waals surface area (Å²) in [7, 11) is 0.101. The predicted molar refractivity (Wildman–Crippen MR) is 92.2 cm³/mol. The molecule has 0 fully saturated rings. The largest absolute Gasteiger partial charge is 0.373 e. The van der Waals surface area contributed by atoms with E-state index in [1.165, 1.54) is 0 Å². The molecule has 126 valence electrons. The molecule has 0 radical (unpaired) electrons. The van der Waals surface area contributed by atoms with Gasteiger partial charge in [0, 0.05) is 32.4 Å². The Balaban J connectivity index is 2.11. The summed E-state index contributed by atoms with van der Waals surface area (Å²) >= 11 is 0. The Hall–Kier alpha value is -1.86. The van der Waals surface area contributed by atoms with E-state index in [1.54, 1.807) is 25.6 Å². The van der Waals surface area contributed by atoms with Crippen LogP contribution in [0.1, 0.15) is 18.3 Å². The van der Waals surface area contributed by atoms with Gasteiger partial charge in [-0.05, 0) is 32.9 Å². The molecule has 0 saturated heterocycles. The monoisotopic (exact) mass is 336 g/mol. The maximum atomic E-state index is 12.6. The molecular formula is C16H24N4O2S. The maximum absolute atomic E-state index is 12.6. The highest BCUT2D eigenvalue weighted by Gasteiger charge is 2.25. The van der Waals surface area contributed by atoms with Crippen LogP contribution in [-0.4, -0.2) is 37.8 Å². The summed E-state index contributed by atoms with van der Waals surface area (Å²) in [4.78, 5) is 2.30. The first-order valence-corrected chi connectivity index (χ1v) is 8.99. The maximum Gasteiger partial charge on any atom is 0.244 e. The Labute approximate surface area is 138 Å². The van der Waals surface area contributed by atoms with Crippen molar-refractivity contribution in [3.8, 4) is 0 Å². The van der Waals surface area contributed by atoms with E-state index in [2.05, 4.69) is 9.82 Å². The van der Waals surface area contributed by atoms with Crippen LogP contribution in [0.3, 0.4) is 0 Å². The van der Waals surface area contributed by atoms with E-state index in [0.717, 1.165) is 5.69 Å². The lowest BCUT2D eigenvalue weighted by molar-refractivity contribution is 0.558. The number of aromatic nitrogens is 2.